The highest BCUT2D eigenvalue weighted by atomic mass is 16.4. The van der Waals surface area contributed by atoms with Gasteiger partial charge in [-0.2, -0.15) is 14.6 Å². The number of hydrogen-bond acceptors (Lipinski definition) is 6. The summed E-state index contributed by atoms with van der Waals surface area (Å²) in [6.45, 7) is 2.28. The van der Waals surface area contributed by atoms with Crippen molar-refractivity contribution in [3.63, 3.8) is 0 Å². The molecule has 1 heterocycles. The third-order valence-electron chi connectivity index (χ3n) is 2.10. The zero-order valence-electron chi connectivity index (χ0n) is 11.0. The van der Waals surface area contributed by atoms with Crippen LogP contribution < -0.4 is 4.90 Å². The van der Waals surface area contributed by atoms with Crippen molar-refractivity contribution in [1.29, 1.82) is 0 Å². The number of likely N-dealkylation sites (N-methyl/N-ethyl adjacent to an activating group) is 2. The Morgan fingerprint density at radius 2 is 1.94 bits per heavy atom. The molecule has 1 aromatic rings. The van der Waals surface area contributed by atoms with Gasteiger partial charge in [-0.25, -0.2) is 0 Å². The molecular formula is C11H17N3O4. The standard InChI is InChI=1S/C10H17N3O2.CO2/c1-5-8-7-15-10(11-8)13(4)6-9(14)12(2)3;2-1-3/h7H,5-6H2,1-4H3;. The van der Waals surface area contributed by atoms with Gasteiger partial charge >= 0.3 is 6.15 Å². The minimum Gasteiger partial charge on any atom is -0.432 e. The van der Waals surface area contributed by atoms with E-state index in [1.165, 1.54) is 0 Å². The molecule has 0 spiro atoms. The molecule has 0 radical (unpaired) electrons. The number of anilines is 1. The molecule has 0 N–H and O–H groups in total. The number of carbonyl (C=O) groups excluding carboxylic acids is 3. The summed E-state index contributed by atoms with van der Waals surface area (Å²) in [4.78, 5) is 35.1. The van der Waals surface area contributed by atoms with Crippen LogP contribution in [0.25, 0.3) is 0 Å². The number of aryl methyl sites for hydroxylation is 1. The molecular weight excluding hydrogens is 238 g/mol. The Balaban J connectivity index is 0.000000873. The lowest BCUT2D eigenvalue weighted by Crippen LogP contribution is -2.34. The third kappa shape index (κ3) is 5.27. The van der Waals surface area contributed by atoms with Gasteiger partial charge in [0.15, 0.2) is 0 Å². The first-order valence-electron chi connectivity index (χ1n) is 5.31. The fourth-order valence-corrected chi connectivity index (χ4v) is 1.05. The van der Waals surface area contributed by atoms with Gasteiger partial charge in [0.1, 0.15) is 12.8 Å². The minimum absolute atomic E-state index is 0.0220. The van der Waals surface area contributed by atoms with E-state index in [-0.39, 0.29) is 18.6 Å². The highest BCUT2D eigenvalue weighted by Gasteiger charge is 2.13. The van der Waals surface area contributed by atoms with Gasteiger partial charge in [0.05, 0.1) is 5.69 Å². The lowest BCUT2D eigenvalue weighted by Gasteiger charge is -2.16. The van der Waals surface area contributed by atoms with Gasteiger partial charge in [-0.05, 0) is 6.42 Å². The molecule has 0 unspecified atom stereocenters. The number of rotatable bonds is 4. The molecule has 1 amide bonds. The van der Waals surface area contributed by atoms with E-state index < -0.39 is 0 Å². The molecule has 0 saturated carbocycles. The molecule has 0 atom stereocenters. The largest absolute Gasteiger partial charge is 0.432 e. The van der Waals surface area contributed by atoms with Crippen LogP contribution in [0.2, 0.25) is 0 Å². The van der Waals surface area contributed by atoms with Crippen molar-refractivity contribution in [2.75, 3.05) is 32.6 Å². The molecule has 0 aliphatic rings. The van der Waals surface area contributed by atoms with Crippen molar-refractivity contribution in [3.8, 4) is 0 Å². The van der Waals surface area contributed by atoms with Crippen LogP contribution in [0, 0.1) is 0 Å². The first-order valence-corrected chi connectivity index (χ1v) is 5.31. The van der Waals surface area contributed by atoms with Crippen molar-refractivity contribution in [1.82, 2.24) is 9.88 Å². The number of carbonyl (C=O) groups is 1. The average molecular weight is 255 g/mol. The van der Waals surface area contributed by atoms with Crippen LogP contribution in [0.4, 0.5) is 6.01 Å². The topological polar surface area (TPSA) is 83.7 Å². The summed E-state index contributed by atoms with van der Waals surface area (Å²) < 4.78 is 5.24. The van der Waals surface area contributed by atoms with Crippen molar-refractivity contribution >= 4 is 18.1 Å². The van der Waals surface area contributed by atoms with Crippen LogP contribution in [0.15, 0.2) is 10.7 Å². The molecule has 0 aliphatic carbocycles. The van der Waals surface area contributed by atoms with Crippen molar-refractivity contribution < 1.29 is 18.8 Å². The maximum absolute atomic E-state index is 11.4. The fourth-order valence-electron chi connectivity index (χ4n) is 1.05. The first-order chi connectivity index (χ1) is 8.46. The SMILES string of the molecule is CCc1coc(N(C)CC(=O)N(C)C)n1.O=C=O. The van der Waals surface area contributed by atoms with E-state index in [4.69, 9.17) is 14.0 Å². The number of aromatic nitrogens is 1. The predicted octanol–water partition coefficient (Wildman–Crippen LogP) is 0.178. The molecule has 1 aromatic heterocycles. The van der Waals surface area contributed by atoms with E-state index >= 15 is 0 Å². The highest BCUT2D eigenvalue weighted by molar-refractivity contribution is 5.80. The summed E-state index contributed by atoms with van der Waals surface area (Å²) in [5.41, 5.74) is 0.897. The van der Waals surface area contributed by atoms with Crippen LogP contribution in [0.3, 0.4) is 0 Å². The normalized spacial score (nSPS) is 8.89. The smallest absolute Gasteiger partial charge is 0.373 e. The van der Waals surface area contributed by atoms with Gasteiger partial charge in [0.25, 0.3) is 6.01 Å². The monoisotopic (exact) mass is 255 g/mol. The Bertz CT molecular complexity index is 408. The van der Waals surface area contributed by atoms with Crippen molar-refractivity contribution in [2.45, 2.75) is 13.3 Å². The molecule has 7 nitrogen and oxygen atoms in total. The Morgan fingerprint density at radius 3 is 2.33 bits per heavy atom. The zero-order valence-corrected chi connectivity index (χ0v) is 11.0. The fraction of sp³-hybridized carbons (Fsp3) is 0.545. The van der Waals surface area contributed by atoms with Gasteiger partial charge in [0, 0.05) is 21.1 Å². The quantitative estimate of drug-likeness (QED) is 0.763. The molecule has 18 heavy (non-hydrogen) atoms. The molecule has 1 rings (SSSR count). The van der Waals surface area contributed by atoms with E-state index in [0.717, 1.165) is 12.1 Å². The van der Waals surface area contributed by atoms with Crippen LogP contribution in [-0.4, -0.2) is 49.6 Å². The molecule has 0 saturated heterocycles. The average Bonchev–Trinajstić information content (AvgIpc) is 2.78. The van der Waals surface area contributed by atoms with Crippen molar-refractivity contribution in [2.24, 2.45) is 0 Å². The molecule has 7 heteroatoms. The lowest BCUT2D eigenvalue weighted by molar-refractivity contribution is -0.191. The van der Waals surface area contributed by atoms with Gasteiger partial charge in [-0.15, -0.1) is 0 Å². The summed E-state index contributed by atoms with van der Waals surface area (Å²) >= 11 is 0. The van der Waals surface area contributed by atoms with Gasteiger partial charge in [-0.3, -0.25) is 4.79 Å². The highest BCUT2D eigenvalue weighted by Crippen LogP contribution is 2.11. The van der Waals surface area contributed by atoms with Crippen LogP contribution in [-0.2, 0) is 20.8 Å². The third-order valence-corrected chi connectivity index (χ3v) is 2.10. The Labute approximate surface area is 105 Å². The predicted molar refractivity (Wildman–Crippen MR) is 62.9 cm³/mol. The second-order valence-electron chi connectivity index (χ2n) is 3.70. The van der Waals surface area contributed by atoms with E-state index in [1.807, 2.05) is 6.92 Å². The van der Waals surface area contributed by atoms with E-state index in [2.05, 4.69) is 4.98 Å². The minimum atomic E-state index is 0.0220. The zero-order chi connectivity index (χ0) is 14.1. The molecule has 0 aliphatic heterocycles. The molecule has 0 aromatic carbocycles. The first kappa shape index (κ1) is 15.9. The Hall–Kier alpha value is -2.14. The van der Waals surface area contributed by atoms with Crippen molar-refractivity contribution in [3.05, 3.63) is 12.0 Å². The second-order valence-corrected chi connectivity index (χ2v) is 3.70. The maximum atomic E-state index is 11.4. The van der Waals surface area contributed by atoms with E-state index in [1.54, 1.807) is 37.2 Å². The number of hydrogen-bond donors (Lipinski definition) is 0. The Kier molecular flexibility index (Phi) is 7.07. The van der Waals surface area contributed by atoms with Gasteiger partial charge in [0.2, 0.25) is 5.91 Å². The van der Waals surface area contributed by atoms with Crippen LogP contribution in [0.1, 0.15) is 12.6 Å². The number of oxazole rings is 1. The summed E-state index contributed by atoms with van der Waals surface area (Å²) in [5, 5.41) is 0. The molecule has 100 valence electrons. The van der Waals surface area contributed by atoms with E-state index in [0.29, 0.717) is 6.01 Å². The summed E-state index contributed by atoms with van der Waals surface area (Å²) in [6.07, 6.45) is 2.70. The second kappa shape index (κ2) is 8.03. The van der Waals surface area contributed by atoms with Crippen LogP contribution >= 0.6 is 0 Å². The summed E-state index contributed by atoms with van der Waals surface area (Å²) in [5.74, 6) is 0.0220. The number of amides is 1. The summed E-state index contributed by atoms with van der Waals surface area (Å²) in [7, 11) is 5.24. The summed E-state index contributed by atoms with van der Waals surface area (Å²) in [6, 6.07) is 0.488. The maximum Gasteiger partial charge on any atom is 0.373 e. The van der Waals surface area contributed by atoms with E-state index in [9.17, 15) is 4.79 Å². The molecule has 0 bridgehead atoms. The molecule has 0 fully saturated rings. The lowest BCUT2D eigenvalue weighted by atomic mass is 10.4. The number of nitrogens with zero attached hydrogens (tertiary/aromatic N) is 3. The van der Waals surface area contributed by atoms with Gasteiger partial charge in [-0.1, -0.05) is 6.92 Å². The van der Waals surface area contributed by atoms with Crippen LogP contribution in [0.5, 0.6) is 0 Å². The van der Waals surface area contributed by atoms with Gasteiger partial charge < -0.3 is 14.2 Å². The Morgan fingerprint density at radius 1 is 1.39 bits per heavy atom.